The van der Waals surface area contributed by atoms with Crippen molar-refractivity contribution in [3.8, 4) is 0 Å². The summed E-state index contributed by atoms with van der Waals surface area (Å²) in [6.07, 6.45) is 1.79. The van der Waals surface area contributed by atoms with Gasteiger partial charge in [0, 0.05) is 31.0 Å². The van der Waals surface area contributed by atoms with Gasteiger partial charge >= 0.3 is 0 Å². The molecule has 13 heavy (non-hydrogen) atoms. The smallest absolute Gasteiger partial charge is 0.223 e. The van der Waals surface area contributed by atoms with Crippen LogP contribution in [0.4, 0.5) is 0 Å². The van der Waals surface area contributed by atoms with E-state index in [-0.39, 0.29) is 0 Å². The molecule has 1 amide bonds. The molecule has 0 radical (unpaired) electrons. The Kier molecular flexibility index (Phi) is 5.23. The van der Waals surface area contributed by atoms with Crippen molar-refractivity contribution < 1.29 is 4.79 Å². The van der Waals surface area contributed by atoms with Crippen molar-refractivity contribution in [1.29, 1.82) is 0 Å². The Morgan fingerprint density at radius 1 is 1.54 bits per heavy atom. The van der Waals surface area contributed by atoms with E-state index in [0.29, 0.717) is 5.91 Å². The normalized spacial score (nSPS) is 18.8. The Bertz CT molecular complexity index is 164. The molecule has 0 aromatic carbocycles. The van der Waals surface area contributed by atoms with Crippen molar-refractivity contribution in [3.05, 3.63) is 0 Å². The van der Waals surface area contributed by atoms with Crippen LogP contribution in [0.1, 0.15) is 12.8 Å². The molecular formula is C9H18N2OS. The molecule has 3 nitrogen and oxygen atoms in total. The van der Waals surface area contributed by atoms with E-state index in [2.05, 4.69) is 5.32 Å². The summed E-state index contributed by atoms with van der Waals surface area (Å²) in [4.78, 5) is 13.5. The van der Waals surface area contributed by atoms with Gasteiger partial charge in [0.25, 0.3) is 0 Å². The fourth-order valence-corrected chi connectivity index (χ4v) is 2.27. The highest BCUT2D eigenvalue weighted by atomic mass is 32.2. The number of amides is 1. The third kappa shape index (κ3) is 4.00. The van der Waals surface area contributed by atoms with E-state index in [0.717, 1.165) is 44.0 Å². The molecule has 0 atom stereocenters. The predicted octanol–water partition coefficient (Wildman–Crippen LogP) is 0.561. The van der Waals surface area contributed by atoms with E-state index in [1.165, 1.54) is 0 Å². The number of nitrogens with one attached hydrogen (secondary N) is 1. The summed E-state index contributed by atoms with van der Waals surface area (Å²) in [6.45, 7) is 2.85. The van der Waals surface area contributed by atoms with Crippen molar-refractivity contribution >= 4 is 17.7 Å². The largest absolute Gasteiger partial charge is 0.342 e. The van der Waals surface area contributed by atoms with E-state index in [1.807, 2.05) is 23.7 Å². The van der Waals surface area contributed by atoms with Gasteiger partial charge in [-0.15, -0.1) is 0 Å². The van der Waals surface area contributed by atoms with Crippen molar-refractivity contribution in [2.75, 3.05) is 38.2 Å². The van der Waals surface area contributed by atoms with Crippen molar-refractivity contribution in [2.24, 2.45) is 0 Å². The van der Waals surface area contributed by atoms with Crippen LogP contribution in [0.2, 0.25) is 0 Å². The summed E-state index contributed by atoms with van der Waals surface area (Å²) in [5.41, 5.74) is 0. The van der Waals surface area contributed by atoms with Gasteiger partial charge in [-0.2, -0.15) is 11.8 Å². The first-order valence-electron chi connectivity index (χ1n) is 4.84. The fraction of sp³-hybridized carbons (Fsp3) is 0.889. The molecule has 0 aromatic rings. The molecule has 0 unspecified atom stereocenters. The topological polar surface area (TPSA) is 32.3 Å². The number of hydrogen-bond acceptors (Lipinski definition) is 3. The second-order valence-corrected chi connectivity index (χ2v) is 4.43. The molecule has 1 fully saturated rings. The van der Waals surface area contributed by atoms with Crippen LogP contribution in [0.3, 0.4) is 0 Å². The van der Waals surface area contributed by atoms with Crippen LogP contribution < -0.4 is 5.32 Å². The molecule has 1 rings (SSSR count). The first kappa shape index (κ1) is 10.9. The fourth-order valence-electron chi connectivity index (χ4n) is 1.40. The molecule has 0 saturated carbocycles. The van der Waals surface area contributed by atoms with Crippen LogP contribution in [0.25, 0.3) is 0 Å². The van der Waals surface area contributed by atoms with Crippen LogP contribution in [0.15, 0.2) is 0 Å². The summed E-state index contributed by atoms with van der Waals surface area (Å²) in [5, 5.41) is 3.09. The molecule has 1 N–H and O–H groups in total. The van der Waals surface area contributed by atoms with Gasteiger partial charge in [0.1, 0.15) is 0 Å². The highest BCUT2D eigenvalue weighted by Gasteiger charge is 2.15. The van der Waals surface area contributed by atoms with Gasteiger partial charge in [0.15, 0.2) is 0 Å². The molecule has 4 heteroatoms. The molecule has 0 aromatic heterocycles. The Balaban J connectivity index is 2.24. The van der Waals surface area contributed by atoms with E-state index in [1.54, 1.807) is 0 Å². The molecular weight excluding hydrogens is 184 g/mol. The first-order valence-corrected chi connectivity index (χ1v) is 6.00. The Hall–Kier alpha value is -0.220. The molecule has 1 aliphatic heterocycles. The van der Waals surface area contributed by atoms with Gasteiger partial charge in [-0.3, -0.25) is 4.79 Å². The first-order chi connectivity index (χ1) is 6.34. The van der Waals surface area contributed by atoms with Crippen LogP contribution in [0, 0.1) is 0 Å². The van der Waals surface area contributed by atoms with Crippen LogP contribution in [-0.2, 0) is 4.79 Å². The van der Waals surface area contributed by atoms with E-state index >= 15 is 0 Å². The zero-order valence-corrected chi connectivity index (χ0v) is 9.03. The standard InChI is InChI=1S/C9H18N2OS/c1-10-4-2-5-11-6-8-13-7-3-9(11)12/h10H,2-8H2,1H3. The van der Waals surface area contributed by atoms with Gasteiger partial charge in [-0.05, 0) is 20.0 Å². The number of rotatable bonds is 4. The van der Waals surface area contributed by atoms with Crippen molar-refractivity contribution in [3.63, 3.8) is 0 Å². The third-order valence-corrected chi connectivity index (χ3v) is 3.14. The van der Waals surface area contributed by atoms with E-state index < -0.39 is 0 Å². The summed E-state index contributed by atoms with van der Waals surface area (Å²) in [6, 6.07) is 0. The second-order valence-electron chi connectivity index (χ2n) is 3.20. The molecule has 1 aliphatic rings. The van der Waals surface area contributed by atoms with E-state index in [4.69, 9.17) is 0 Å². The van der Waals surface area contributed by atoms with Crippen LogP contribution in [0.5, 0.6) is 0 Å². The summed E-state index contributed by atoms with van der Waals surface area (Å²) < 4.78 is 0. The number of carbonyl (C=O) groups excluding carboxylic acids is 1. The highest BCUT2D eigenvalue weighted by molar-refractivity contribution is 7.99. The highest BCUT2D eigenvalue weighted by Crippen LogP contribution is 2.11. The second kappa shape index (κ2) is 6.27. The van der Waals surface area contributed by atoms with E-state index in [9.17, 15) is 4.79 Å². The third-order valence-electron chi connectivity index (χ3n) is 2.17. The number of nitrogens with zero attached hydrogens (tertiary/aromatic N) is 1. The number of hydrogen-bond donors (Lipinski definition) is 1. The quantitative estimate of drug-likeness (QED) is 0.676. The van der Waals surface area contributed by atoms with Gasteiger partial charge in [0.05, 0.1) is 0 Å². The lowest BCUT2D eigenvalue weighted by Crippen LogP contribution is -2.33. The molecule has 1 heterocycles. The zero-order chi connectivity index (χ0) is 9.52. The minimum atomic E-state index is 0.334. The van der Waals surface area contributed by atoms with Crippen LogP contribution >= 0.6 is 11.8 Å². The molecule has 0 spiro atoms. The van der Waals surface area contributed by atoms with Gasteiger partial charge in [0.2, 0.25) is 5.91 Å². The lowest BCUT2D eigenvalue weighted by atomic mass is 10.3. The molecule has 76 valence electrons. The molecule has 0 aliphatic carbocycles. The Labute approximate surface area is 84.2 Å². The lowest BCUT2D eigenvalue weighted by molar-refractivity contribution is -0.130. The van der Waals surface area contributed by atoms with Gasteiger partial charge in [-0.25, -0.2) is 0 Å². The summed E-state index contributed by atoms with van der Waals surface area (Å²) in [7, 11) is 1.94. The molecule has 1 saturated heterocycles. The minimum Gasteiger partial charge on any atom is -0.342 e. The average Bonchev–Trinajstić information content (AvgIpc) is 2.32. The van der Waals surface area contributed by atoms with Gasteiger partial charge in [-0.1, -0.05) is 0 Å². The monoisotopic (exact) mass is 202 g/mol. The number of carbonyl (C=O) groups is 1. The summed E-state index contributed by atoms with van der Waals surface area (Å²) >= 11 is 1.88. The predicted molar refractivity (Wildman–Crippen MR) is 57.1 cm³/mol. The lowest BCUT2D eigenvalue weighted by Gasteiger charge is -2.19. The number of thioether (sulfide) groups is 1. The minimum absolute atomic E-state index is 0.334. The maximum absolute atomic E-state index is 11.5. The van der Waals surface area contributed by atoms with Crippen molar-refractivity contribution in [1.82, 2.24) is 10.2 Å². The van der Waals surface area contributed by atoms with Crippen LogP contribution in [-0.4, -0.2) is 49.0 Å². The molecule has 0 bridgehead atoms. The van der Waals surface area contributed by atoms with Gasteiger partial charge < -0.3 is 10.2 Å². The maximum atomic E-state index is 11.5. The SMILES string of the molecule is CNCCCN1CCSCCC1=O. The van der Waals surface area contributed by atoms with Crippen molar-refractivity contribution in [2.45, 2.75) is 12.8 Å². The zero-order valence-electron chi connectivity index (χ0n) is 8.21. The average molecular weight is 202 g/mol. The summed E-state index contributed by atoms with van der Waals surface area (Å²) in [5.74, 6) is 2.44. The maximum Gasteiger partial charge on any atom is 0.223 e. The Morgan fingerprint density at radius 2 is 2.38 bits per heavy atom. The Morgan fingerprint density at radius 3 is 3.15 bits per heavy atom.